The fourth-order valence-electron chi connectivity index (χ4n) is 11.8. The van der Waals surface area contributed by atoms with Gasteiger partial charge in [0, 0.05) is 55.8 Å². The zero-order valence-corrected chi connectivity index (χ0v) is 40.8. The van der Waals surface area contributed by atoms with Gasteiger partial charge in [-0.15, -0.1) is 0 Å². The van der Waals surface area contributed by atoms with Crippen molar-refractivity contribution >= 4 is 55.7 Å². The molecule has 3 heteroatoms. The maximum atomic E-state index is 5.70. The van der Waals surface area contributed by atoms with Crippen LogP contribution in [0.4, 0.5) is 34.1 Å². The van der Waals surface area contributed by atoms with Gasteiger partial charge in [0.2, 0.25) is 0 Å². The highest BCUT2D eigenvalue weighted by molar-refractivity contribution is 6.13. The summed E-state index contributed by atoms with van der Waals surface area (Å²) in [6.07, 6.45) is 0. The van der Waals surface area contributed by atoms with E-state index in [0.29, 0.717) is 0 Å². The largest absolute Gasteiger partial charge is 0.310 e. The van der Waals surface area contributed by atoms with Gasteiger partial charge in [0.25, 0.3) is 0 Å². The van der Waals surface area contributed by atoms with E-state index in [0.717, 1.165) is 45.5 Å². The van der Waals surface area contributed by atoms with Gasteiger partial charge in [0.05, 0.1) is 17.1 Å². The molecular weight excluding hydrogens is 859 g/mol. The lowest BCUT2D eigenvalue weighted by molar-refractivity contribution is 0.631. The van der Waals surface area contributed by atoms with Crippen LogP contribution in [0.1, 0.15) is 55.6 Å². The number of rotatable bonds is 8. The van der Waals surface area contributed by atoms with Crippen LogP contribution >= 0.6 is 0 Å². The molecule has 0 unspecified atom stereocenters. The summed E-state index contributed by atoms with van der Waals surface area (Å²) in [7, 11) is 0. The Morgan fingerprint density at radius 3 is 1.42 bits per heavy atom. The van der Waals surface area contributed by atoms with Crippen LogP contribution in [0.15, 0.2) is 231 Å². The Kier molecular flexibility index (Phi) is 9.76. The van der Waals surface area contributed by atoms with E-state index in [-0.39, 0.29) is 10.8 Å². The van der Waals surface area contributed by atoms with Gasteiger partial charge in [-0.3, -0.25) is 4.98 Å². The van der Waals surface area contributed by atoms with Gasteiger partial charge in [0.15, 0.2) is 0 Å². The van der Waals surface area contributed by atoms with Crippen LogP contribution in [0.2, 0.25) is 0 Å². The molecule has 0 saturated carbocycles. The van der Waals surface area contributed by atoms with Gasteiger partial charge in [-0.05, 0) is 146 Å². The second-order valence-electron chi connectivity index (χ2n) is 20.4. The van der Waals surface area contributed by atoms with Crippen molar-refractivity contribution in [3.8, 4) is 44.6 Å². The molecule has 0 bridgehead atoms. The first-order chi connectivity index (χ1) is 34.6. The van der Waals surface area contributed by atoms with E-state index >= 15 is 0 Å². The van der Waals surface area contributed by atoms with Gasteiger partial charge in [-0.2, -0.15) is 0 Å². The van der Waals surface area contributed by atoms with Crippen molar-refractivity contribution in [1.29, 1.82) is 0 Å². The molecule has 1 heterocycles. The molecule has 0 radical (unpaired) electrons. The number of nitrogens with zero attached hydrogens (tertiary/aromatic N) is 3. The first-order valence-corrected chi connectivity index (χ1v) is 24.9. The first-order valence-electron chi connectivity index (χ1n) is 24.9. The SMILES string of the molecule is Cc1ccc(N(c2ccccc2)c2ccc3c(c2)C(C)(C)c2nc4c(cc2-3)C(C)(C)c2cc(-c3ccc(-c5ccc(N(c6ccccc6)c6ccccc6)c6ccccc56)c5ccccc35)ccc2-4)cc1. The molecular formula is C68H53N3. The fourth-order valence-corrected chi connectivity index (χ4v) is 11.8. The Labute approximate surface area is 417 Å². The summed E-state index contributed by atoms with van der Waals surface area (Å²) in [5.41, 5.74) is 22.3. The van der Waals surface area contributed by atoms with E-state index in [1.54, 1.807) is 0 Å². The Morgan fingerprint density at radius 2 is 0.789 bits per heavy atom. The Balaban J connectivity index is 0.876. The van der Waals surface area contributed by atoms with Crippen molar-refractivity contribution in [3.63, 3.8) is 0 Å². The van der Waals surface area contributed by atoms with E-state index in [4.69, 9.17) is 4.98 Å². The maximum Gasteiger partial charge on any atom is 0.0750 e. The Bertz CT molecular complexity index is 3830. The smallest absolute Gasteiger partial charge is 0.0750 e. The molecule has 0 atom stereocenters. The quantitative estimate of drug-likeness (QED) is 0.151. The van der Waals surface area contributed by atoms with Gasteiger partial charge in [-0.25, -0.2) is 0 Å². The van der Waals surface area contributed by atoms with Crippen LogP contribution in [-0.4, -0.2) is 4.98 Å². The summed E-state index contributed by atoms with van der Waals surface area (Å²) in [5.74, 6) is 0. The minimum atomic E-state index is -0.298. The fraction of sp³-hybridized carbons (Fsp3) is 0.103. The molecule has 0 amide bonds. The highest BCUT2D eigenvalue weighted by Gasteiger charge is 2.43. The average molecular weight is 912 g/mol. The maximum absolute atomic E-state index is 5.70. The summed E-state index contributed by atoms with van der Waals surface area (Å²) in [5, 5.41) is 4.90. The Morgan fingerprint density at radius 1 is 0.324 bits per heavy atom. The van der Waals surface area contributed by atoms with E-state index in [1.807, 2.05) is 0 Å². The third kappa shape index (κ3) is 6.75. The highest BCUT2D eigenvalue weighted by atomic mass is 15.1. The number of hydrogen-bond donors (Lipinski definition) is 0. The molecule has 0 N–H and O–H groups in total. The molecule has 1 aromatic heterocycles. The molecule has 340 valence electrons. The molecule has 0 fully saturated rings. The summed E-state index contributed by atoms with van der Waals surface area (Å²) in [6.45, 7) is 11.6. The summed E-state index contributed by atoms with van der Waals surface area (Å²) in [6, 6.07) is 84.6. The predicted octanol–water partition coefficient (Wildman–Crippen LogP) is 18.6. The number of benzene rings is 10. The lowest BCUT2D eigenvalue weighted by atomic mass is 9.80. The molecule has 3 nitrogen and oxygen atoms in total. The number of fused-ring (bicyclic) bond motifs is 8. The van der Waals surface area contributed by atoms with Crippen molar-refractivity contribution in [2.24, 2.45) is 0 Å². The molecule has 71 heavy (non-hydrogen) atoms. The van der Waals surface area contributed by atoms with Crippen LogP contribution in [0.3, 0.4) is 0 Å². The predicted molar refractivity (Wildman–Crippen MR) is 299 cm³/mol. The van der Waals surface area contributed by atoms with Crippen molar-refractivity contribution in [2.45, 2.75) is 45.4 Å². The van der Waals surface area contributed by atoms with Crippen LogP contribution < -0.4 is 9.80 Å². The number of para-hydroxylation sites is 3. The monoisotopic (exact) mass is 911 g/mol. The number of aromatic nitrogens is 1. The molecule has 0 aliphatic heterocycles. The lowest BCUT2D eigenvalue weighted by Gasteiger charge is -2.28. The van der Waals surface area contributed by atoms with E-state index in [2.05, 4.69) is 275 Å². The number of pyridine rings is 1. The van der Waals surface area contributed by atoms with Gasteiger partial charge in [-0.1, -0.05) is 185 Å². The normalized spacial score (nSPS) is 13.6. The third-order valence-electron chi connectivity index (χ3n) is 15.5. The summed E-state index contributed by atoms with van der Waals surface area (Å²) < 4.78 is 0. The van der Waals surface area contributed by atoms with Crippen LogP contribution in [0.25, 0.3) is 66.2 Å². The number of aryl methyl sites for hydroxylation is 1. The molecule has 13 rings (SSSR count). The van der Waals surface area contributed by atoms with Crippen molar-refractivity contribution < 1.29 is 0 Å². The topological polar surface area (TPSA) is 19.4 Å². The van der Waals surface area contributed by atoms with Crippen LogP contribution in [-0.2, 0) is 10.8 Å². The van der Waals surface area contributed by atoms with Crippen LogP contribution in [0.5, 0.6) is 0 Å². The molecule has 2 aliphatic carbocycles. The summed E-state index contributed by atoms with van der Waals surface area (Å²) in [4.78, 5) is 10.4. The highest BCUT2D eigenvalue weighted by Crippen LogP contribution is 2.56. The van der Waals surface area contributed by atoms with E-state index in [1.165, 1.54) is 82.7 Å². The zero-order chi connectivity index (χ0) is 48.0. The van der Waals surface area contributed by atoms with Gasteiger partial charge in [0.1, 0.15) is 0 Å². The third-order valence-corrected chi connectivity index (χ3v) is 15.5. The second-order valence-corrected chi connectivity index (χ2v) is 20.4. The minimum Gasteiger partial charge on any atom is -0.310 e. The first kappa shape index (κ1) is 42.6. The van der Waals surface area contributed by atoms with Crippen molar-refractivity contribution in [2.75, 3.05) is 9.80 Å². The molecule has 2 aliphatic rings. The molecule has 0 spiro atoms. The van der Waals surface area contributed by atoms with E-state index < -0.39 is 0 Å². The zero-order valence-electron chi connectivity index (χ0n) is 40.8. The van der Waals surface area contributed by atoms with Gasteiger partial charge < -0.3 is 9.80 Å². The molecule has 11 aromatic rings. The van der Waals surface area contributed by atoms with Crippen molar-refractivity contribution in [3.05, 3.63) is 258 Å². The van der Waals surface area contributed by atoms with Gasteiger partial charge >= 0.3 is 0 Å². The standard InChI is InChI=1S/C68H53N3/c1-44-29-32-49(33-30-44)70(46-19-9-6-10-20-46)50-34-36-57-60-43-63-65(69-66(60)68(4,5)62(57)42-50)59-35-31-45(41-61(59)67(63,2)3)51-37-38-55(53-26-16-15-25-52(51)53)56-39-40-64(58-28-18-17-27-54(56)58)71(47-21-11-7-12-22-47)48-23-13-8-14-24-48/h6-43H,1-5H3. The minimum absolute atomic E-state index is 0.255. The number of anilines is 6. The number of hydrogen-bond acceptors (Lipinski definition) is 3. The van der Waals surface area contributed by atoms with Crippen LogP contribution in [0, 0.1) is 6.92 Å². The lowest BCUT2D eigenvalue weighted by Crippen LogP contribution is -2.19. The molecule has 10 aromatic carbocycles. The Hall–Kier alpha value is -8.53. The molecule has 0 saturated heterocycles. The van der Waals surface area contributed by atoms with E-state index in [9.17, 15) is 0 Å². The summed E-state index contributed by atoms with van der Waals surface area (Å²) >= 11 is 0. The average Bonchev–Trinajstić information content (AvgIpc) is 3.77. The second kappa shape index (κ2) is 16.3. The van der Waals surface area contributed by atoms with Crippen molar-refractivity contribution in [1.82, 2.24) is 4.98 Å².